The highest BCUT2D eigenvalue weighted by atomic mass is 16.3. The molecule has 0 unspecified atom stereocenters. The van der Waals surface area contributed by atoms with E-state index in [1.54, 1.807) is 25.1 Å². The quantitative estimate of drug-likeness (QED) is 0.871. The zero-order chi connectivity index (χ0) is 13.0. The number of amides is 1. The predicted octanol–water partition coefficient (Wildman–Crippen LogP) is 2.96. The third-order valence-electron chi connectivity index (χ3n) is 2.79. The van der Waals surface area contributed by atoms with Gasteiger partial charge in [0.2, 0.25) is 0 Å². The van der Waals surface area contributed by atoms with E-state index < -0.39 is 0 Å². The highest BCUT2D eigenvalue weighted by Gasteiger charge is 2.18. The second-order valence-electron chi connectivity index (χ2n) is 4.59. The van der Waals surface area contributed by atoms with Crippen LogP contribution in [-0.2, 0) is 0 Å². The van der Waals surface area contributed by atoms with Gasteiger partial charge in [-0.3, -0.25) is 4.79 Å². The van der Waals surface area contributed by atoms with Crippen LogP contribution in [-0.4, -0.2) is 28.5 Å². The fourth-order valence-corrected chi connectivity index (χ4v) is 1.79. The van der Waals surface area contributed by atoms with Crippen molar-refractivity contribution in [3.63, 3.8) is 0 Å². The molecular formula is C14H21NO2. The summed E-state index contributed by atoms with van der Waals surface area (Å²) in [5.74, 6) is 0.262. The average molecular weight is 235 g/mol. The van der Waals surface area contributed by atoms with Gasteiger partial charge < -0.3 is 10.0 Å². The van der Waals surface area contributed by atoms with E-state index in [0.717, 1.165) is 18.5 Å². The maximum absolute atomic E-state index is 12.3. The molecule has 1 amide bonds. The second kappa shape index (κ2) is 5.71. The largest absolute Gasteiger partial charge is 0.508 e. The average Bonchev–Trinajstić information content (AvgIpc) is 2.28. The van der Waals surface area contributed by atoms with Crippen LogP contribution in [0, 0.1) is 6.92 Å². The molecule has 0 aliphatic rings. The number of carbonyl (C=O) groups excluding carboxylic acids is 1. The molecular weight excluding hydrogens is 214 g/mol. The van der Waals surface area contributed by atoms with Crippen LogP contribution < -0.4 is 0 Å². The van der Waals surface area contributed by atoms with E-state index in [4.69, 9.17) is 0 Å². The van der Waals surface area contributed by atoms with Crippen molar-refractivity contribution in [1.82, 2.24) is 4.90 Å². The number of benzene rings is 1. The van der Waals surface area contributed by atoms with Gasteiger partial charge in [0.15, 0.2) is 0 Å². The third kappa shape index (κ3) is 3.22. The first-order chi connectivity index (χ1) is 7.97. The first-order valence-corrected chi connectivity index (χ1v) is 6.08. The topological polar surface area (TPSA) is 40.5 Å². The van der Waals surface area contributed by atoms with Crippen LogP contribution in [0.5, 0.6) is 5.75 Å². The van der Waals surface area contributed by atoms with E-state index in [9.17, 15) is 9.90 Å². The molecule has 0 aliphatic carbocycles. The zero-order valence-electron chi connectivity index (χ0n) is 11.0. The van der Waals surface area contributed by atoms with Crippen LogP contribution in [0.4, 0.5) is 0 Å². The van der Waals surface area contributed by atoms with Crippen molar-refractivity contribution in [3.05, 3.63) is 29.3 Å². The minimum atomic E-state index is 0.0324. The Morgan fingerprint density at radius 2 is 2.06 bits per heavy atom. The molecule has 0 atom stereocenters. The monoisotopic (exact) mass is 235 g/mol. The lowest BCUT2D eigenvalue weighted by atomic mass is 10.1. The van der Waals surface area contributed by atoms with E-state index in [1.807, 2.05) is 18.7 Å². The van der Waals surface area contributed by atoms with Gasteiger partial charge in [0.1, 0.15) is 5.75 Å². The molecule has 3 heteroatoms. The number of rotatable bonds is 4. The van der Waals surface area contributed by atoms with Gasteiger partial charge in [-0.1, -0.05) is 6.92 Å². The number of aromatic hydroxyl groups is 1. The van der Waals surface area contributed by atoms with Gasteiger partial charge in [0, 0.05) is 18.2 Å². The molecule has 3 nitrogen and oxygen atoms in total. The van der Waals surface area contributed by atoms with Crippen LogP contribution in [0.2, 0.25) is 0 Å². The summed E-state index contributed by atoms with van der Waals surface area (Å²) in [5, 5.41) is 9.45. The molecule has 0 bridgehead atoms. The Balaban J connectivity index is 2.97. The Kier molecular flexibility index (Phi) is 4.55. The number of phenols is 1. The summed E-state index contributed by atoms with van der Waals surface area (Å²) < 4.78 is 0. The van der Waals surface area contributed by atoms with Crippen molar-refractivity contribution in [1.29, 1.82) is 0 Å². The summed E-state index contributed by atoms with van der Waals surface area (Å²) in [6, 6.07) is 5.18. The fraction of sp³-hybridized carbons (Fsp3) is 0.500. The van der Waals surface area contributed by atoms with Crippen LogP contribution >= 0.6 is 0 Å². The minimum absolute atomic E-state index is 0.0324. The number of carbonyl (C=O) groups is 1. The number of phenolic OH excluding ortho intramolecular Hbond substituents is 1. The summed E-state index contributed by atoms with van der Waals surface area (Å²) in [6.45, 7) is 8.65. The van der Waals surface area contributed by atoms with Crippen molar-refractivity contribution >= 4 is 5.91 Å². The van der Waals surface area contributed by atoms with Gasteiger partial charge in [-0.25, -0.2) is 0 Å². The van der Waals surface area contributed by atoms with Gasteiger partial charge in [0.25, 0.3) is 5.91 Å². The molecule has 0 heterocycles. The standard InChI is InChI=1S/C14H21NO2/c1-5-8-15(10(2)3)14(17)12-6-7-13(16)11(4)9-12/h6-7,9-10,16H,5,8H2,1-4H3. The van der Waals surface area contributed by atoms with Crippen molar-refractivity contribution in [2.45, 2.75) is 40.2 Å². The van der Waals surface area contributed by atoms with Gasteiger partial charge in [-0.05, 0) is 51.0 Å². The summed E-state index contributed by atoms with van der Waals surface area (Å²) in [7, 11) is 0. The van der Waals surface area contributed by atoms with Crippen LogP contribution in [0.25, 0.3) is 0 Å². The molecule has 0 aromatic heterocycles. The first kappa shape index (κ1) is 13.6. The first-order valence-electron chi connectivity index (χ1n) is 6.08. The van der Waals surface area contributed by atoms with Crippen molar-refractivity contribution in [3.8, 4) is 5.75 Å². The molecule has 17 heavy (non-hydrogen) atoms. The summed E-state index contributed by atoms with van der Waals surface area (Å²) >= 11 is 0. The highest BCUT2D eigenvalue weighted by molar-refractivity contribution is 5.94. The molecule has 0 spiro atoms. The fourth-order valence-electron chi connectivity index (χ4n) is 1.79. The lowest BCUT2D eigenvalue weighted by Gasteiger charge is -2.26. The molecule has 1 aromatic rings. The summed E-state index contributed by atoms with van der Waals surface area (Å²) in [4.78, 5) is 14.1. The molecule has 1 N–H and O–H groups in total. The van der Waals surface area contributed by atoms with Gasteiger partial charge in [-0.2, -0.15) is 0 Å². The molecule has 0 saturated carbocycles. The smallest absolute Gasteiger partial charge is 0.254 e. The minimum Gasteiger partial charge on any atom is -0.508 e. The lowest BCUT2D eigenvalue weighted by molar-refractivity contribution is 0.0706. The van der Waals surface area contributed by atoms with Crippen LogP contribution in [0.15, 0.2) is 18.2 Å². The normalized spacial score (nSPS) is 10.6. The Morgan fingerprint density at radius 3 is 2.53 bits per heavy atom. The molecule has 0 saturated heterocycles. The van der Waals surface area contributed by atoms with Crippen LogP contribution in [0.1, 0.15) is 43.1 Å². The van der Waals surface area contributed by atoms with Gasteiger partial charge >= 0.3 is 0 Å². The van der Waals surface area contributed by atoms with Crippen molar-refractivity contribution in [2.75, 3.05) is 6.54 Å². The number of nitrogens with zero attached hydrogens (tertiary/aromatic N) is 1. The van der Waals surface area contributed by atoms with E-state index in [0.29, 0.717) is 5.56 Å². The predicted molar refractivity (Wildman–Crippen MR) is 69.3 cm³/mol. The second-order valence-corrected chi connectivity index (χ2v) is 4.59. The Labute approximate surface area is 103 Å². The van der Waals surface area contributed by atoms with Gasteiger partial charge in [-0.15, -0.1) is 0 Å². The molecule has 94 valence electrons. The summed E-state index contributed by atoms with van der Waals surface area (Å²) in [5.41, 5.74) is 1.37. The molecule has 0 radical (unpaired) electrons. The summed E-state index contributed by atoms with van der Waals surface area (Å²) in [6.07, 6.45) is 0.945. The van der Waals surface area contributed by atoms with Crippen molar-refractivity contribution in [2.24, 2.45) is 0 Å². The van der Waals surface area contributed by atoms with E-state index >= 15 is 0 Å². The molecule has 0 fully saturated rings. The lowest BCUT2D eigenvalue weighted by Crippen LogP contribution is -2.37. The Hall–Kier alpha value is -1.51. The maximum atomic E-state index is 12.3. The maximum Gasteiger partial charge on any atom is 0.254 e. The number of hydrogen-bond donors (Lipinski definition) is 1. The number of aryl methyl sites for hydroxylation is 1. The molecule has 1 aromatic carbocycles. The van der Waals surface area contributed by atoms with E-state index in [-0.39, 0.29) is 17.7 Å². The zero-order valence-corrected chi connectivity index (χ0v) is 11.0. The van der Waals surface area contributed by atoms with E-state index in [1.165, 1.54) is 0 Å². The van der Waals surface area contributed by atoms with Crippen molar-refractivity contribution < 1.29 is 9.90 Å². The SMILES string of the molecule is CCCN(C(=O)c1ccc(O)c(C)c1)C(C)C. The molecule has 0 aliphatic heterocycles. The van der Waals surface area contributed by atoms with Crippen LogP contribution in [0.3, 0.4) is 0 Å². The highest BCUT2D eigenvalue weighted by Crippen LogP contribution is 2.18. The Bertz CT molecular complexity index is 399. The Morgan fingerprint density at radius 1 is 1.41 bits per heavy atom. The van der Waals surface area contributed by atoms with E-state index in [2.05, 4.69) is 6.92 Å². The van der Waals surface area contributed by atoms with Gasteiger partial charge in [0.05, 0.1) is 0 Å². The number of hydrogen-bond acceptors (Lipinski definition) is 2. The molecule has 1 rings (SSSR count). The third-order valence-corrected chi connectivity index (χ3v) is 2.79.